The van der Waals surface area contributed by atoms with E-state index in [1.165, 1.54) is 18.4 Å². The maximum atomic E-state index is 12.5. The van der Waals surface area contributed by atoms with E-state index in [0.29, 0.717) is 16.8 Å². The first kappa shape index (κ1) is 20.6. The highest BCUT2D eigenvalue weighted by Crippen LogP contribution is 2.32. The smallest absolute Gasteiger partial charge is 0.259 e. The van der Waals surface area contributed by atoms with Gasteiger partial charge in [0.15, 0.2) is 11.2 Å². The van der Waals surface area contributed by atoms with Crippen molar-refractivity contribution in [2.24, 2.45) is 0 Å². The van der Waals surface area contributed by atoms with Crippen LogP contribution >= 0.6 is 23.1 Å². The minimum Gasteiger partial charge on any atom is -0.444 e. The molecule has 1 amide bonds. The summed E-state index contributed by atoms with van der Waals surface area (Å²) in [6.07, 6.45) is 2.84. The van der Waals surface area contributed by atoms with Gasteiger partial charge in [0, 0.05) is 12.5 Å². The standard InChI is InChI=1S/C20H23N3O3S2/c1-20(2,3)14-10-21-15(26-14)12-27-16-11-22-19(28-16)23-18(24)17(25-4)13-8-6-5-7-9-13/h5-11,17H,12H2,1-4H3,(H,22,23,24)/t17-/m1/s1. The molecule has 0 fully saturated rings. The lowest BCUT2D eigenvalue weighted by atomic mass is 9.94. The number of thiazole rings is 1. The Bertz CT molecular complexity index is 916. The Labute approximate surface area is 172 Å². The molecular formula is C20H23N3O3S2. The molecule has 28 heavy (non-hydrogen) atoms. The van der Waals surface area contributed by atoms with Gasteiger partial charge in [-0.25, -0.2) is 9.97 Å². The van der Waals surface area contributed by atoms with Crippen LogP contribution in [-0.2, 0) is 20.7 Å². The lowest BCUT2D eigenvalue weighted by molar-refractivity contribution is -0.126. The highest BCUT2D eigenvalue weighted by atomic mass is 32.2. The van der Waals surface area contributed by atoms with Gasteiger partial charge < -0.3 is 9.15 Å². The van der Waals surface area contributed by atoms with Gasteiger partial charge in [-0.05, 0) is 5.56 Å². The maximum Gasteiger partial charge on any atom is 0.259 e. The number of carbonyl (C=O) groups is 1. The molecule has 2 aromatic heterocycles. The van der Waals surface area contributed by atoms with Gasteiger partial charge in [0.05, 0.1) is 22.4 Å². The Morgan fingerprint density at radius 3 is 2.64 bits per heavy atom. The molecule has 0 aliphatic heterocycles. The molecule has 1 N–H and O–H groups in total. The fraction of sp³-hybridized carbons (Fsp3) is 0.350. The fourth-order valence-electron chi connectivity index (χ4n) is 2.43. The van der Waals surface area contributed by atoms with Gasteiger partial charge in [0.25, 0.3) is 5.91 Å². The number of oxazole rings is 1. The molecule has 1 aromatic carbocycles. The van der Waals surface area contributed by atoms with E-state index in [0.717, 1.165) is 15.5 Å². The summed E-state index contributed by atoms with van der Waals surface area (Å²) in [6.45, 7) is 6.27. The van der Waals surface area contributed by atoms with Gasteiger partial charge in [0.1, 0.15) is 5.76 Å². The van der Waals surface area contributed by atoms with Crippen LogP contribution in [0.2, 0.25) is 0 Å². The molecule has 6 nitrogen and oxygen atoms in total. The van der Waals surface area contributed by atoms with E-state index in [4.69, 9.17) is 9.15 Å². The topological polar surface area (TPSA) is 77.2 Å². The lowest BCUT2D eigenvalue weighted by Gasteiger charge is -2.14. The second-order valence-electron chi connectivity index (χ2n) is 7.16. The van der Waals surface area contributed by atoms with Crippen molar-refractivity contribution in [3.63, 3.8) is 0 Å². The van der Waals surface area contributed by atoms with Crippen molar-refractivity contribution in [1.82, 2.24) is 9.97 Å². The molecular weight excluding hydrogens is 394 g/mol. The van der Waals surface area contributed by atoms with Crippen LogP contribution in [0.3, 0.4) is 0 Å². The number of benzene rings is 1. The van der Waals surface area contributed by atoms with Crippen LogP contribution in [0.25, 0.3) is 0 Å². The minimum atomic E-state index is -0.677. The van der Waals surface area contributed by atoms with Crippen LogP contribution in [0, 0.1) is 0 Å². The predicted molar refractivity (Wildman–Crippen MR) is 112 cm³/mol. The Morgan fingerprint density at radius 1 is 1.25 bits per heavy atom. The lowest BCUT2D eigenvalue weighted by Crippen LogP contribution is -2.22. The molecule has 2 heterocycles. The van der Waals surface area contributed by atoms with Crippen molar-refractivity contribution in [2.45, 2.75) is 42.3 Å². The Kier molecular flexibility index (Phi) is 6.53. The van der Waals surface area contributed by atoms with Crippen LogP contribution in [-0.4, -0.2) is 23.0 Å². The third-order valence-electron chi connectivity index (χ3n) is 3.92. The second-order valence-corrected chi connectivity index (χ2v) is 9.46. The SMILES string of the molecule is CO[C@@H](C(=O)Nc1ncc(SCc2ncc(C(C)(C)C)o2)s1)c1ccccc1. The summed E-state index contributed by atoms with van der Waals surface area (Å²) in [5, 5.41) is 3.36. The number of hydrogen-bond donors (Lipinski definition) is 1. The maximum absolute atomic E-state index is 12.5. The number of hydrogen-bond acceptors (Lipinski definition) is 7. The van der Waals surface area contributed by atoms with Crippen molar-refractivity contribution in [3.05, 3.63) is 59.9 Å². The van der Waals surface area contributed by atoms with E-state index in [-0.39, 0.29) is 11.3 Å². The highest BCUT2D eigenvalue weighted by molar-refractivity contribution is 8.00. The van der Waals surface area contributed by atoms with Crippen LogP contribution < -0.4 is 5.32 Å². The first-order valence-corrected chi connectivity index (χ1v) is 10.6. The van der Waals surface area contributed by atoms with Crippen molar-refractivity contribution < 1.29 is 13.9 Å². The normalized spacial score (nSPS) is 12.7. The first-order chi connectivity index (χ1) is 13.4. The van der Waals surface area contributed by atoms with Crippen LogP contribution in [0.5, 0.6) is 0 Å². The third-order valence-corrected chi connectivity index (χ3v) is 6.01. The van der Waals surface area contributed by atoms with E-state index in [1.807, 2.05) is 30.3 Å². The molecule has 0 unspecified atom stereocenters. The molecule has 8 heteroatoms. The molecule has 0 aliphatic rings. The van der Waals surface area contributed by atoms with E-state index >= 15 is 0 Å². The number of ether oxygens (including phenoxy) is 1. The largest absolute Gasteiger partial charge is 0.444 e. The average Bonchev–Trinajstić information content (AvgIpc) is 3.30. The van der Waals surface area contributed by atoms with Crippen molar-refractivity contribution in [2.75, 3.05) is 12.4 Å². The van der Waals surface area contributed by atoms with Crippen molar-refractivity contribution in [1.29, 1.82) is 0 Å². The monoisotopic (exact) mass is 417 g/mol. The molecule has 0 bridgehead atoms. The number of methoxy groups -OCH3 is 1. The first-order valence-electron chi connectivity index (χ1n) is 8.79. The number of carbonyl (C=O) groups excluding carboxylic acids is 1. The molecule has 0 radical (unpaired) electrons. The molecule has 0 saturated heterocycles. The number of nitrogens with one attached hydrogen (secondary N) is 1. The molecule has 3 aromatic rings. The number of amides is 1. The Balaban J connectivity index is 1.58. The second kappa shape index (κ2) is 8.89. The van der Waals surface area contributed by atoms with E-state index in [1.54, 1.807) is 24.2 Å². The van der Waals surface area contributed by atoms with Gasteiger partial charge in [-0.1, -0.05) is 62.4 Å². The van der Waals surface area contributed by atoms with Crippen molar-refractivity contribution >= 4 is 34.1 Å². The Hall–Kier alpha value is -2.16. The fourth-order valence-corrected chi connectivity index (χ4v) is 4.16. The summed E-state index contributed by atoms with van der Waals surface area (Å²) in [4.78, 5) is 21.1. The Morgan fingerprint density at radius 2 is 2.00 bits per heavy atom. The highest BCUT2D eigenvalue weighted by Gasteiger charge is 2.21. The zero-order chi connectivity index (χ0) is 20.1. The predicted octanol–water partition coefficient (Wildman–Crippen LogP) is 5.05. The van der Waals surface area contributed by atoms with Crippen LogP contribution in [0.4, 0.5) is 5.13 Å². The van der Waals surface area contributed by atoms with Gasteiger partial charge in [-0.3, -0.25) is 10.1 Å². The van der Waals surface area contributed by atoms with Gasteiger partial charge in [-0.2, -0.15) is 0 Å². The summed E-state index contributed by atoms with van der Waals surface area (Å²) in [6, 6.07) is 9.37. The van der Waals surface area contributed by atoms with Crippen LogP contribution in [0.1, 0.15) is 44.1 Å². The summed E-state index contributed by atoms with van der Waals surface area (Å²) >= 11 is 2.98. The quantitative estimate of drug-likeness (QED) is 0.542. The summed E-state index contributed by atoms with van der Waals surface area (Å²) in [7, 11) is 1.52. The molecule has 0 spiro atoms. The molecule has 0 aliphatic carbocycles. The summed E-state index contributed by atoms with van der Waals surface area (Å²) in [5.74, 6) is 1.91. The molecule has 3 rings (SSSR count). The van der Waals surface area contributed by atoms with Gasteiger partial charge >= 0.3 is 0 Å². The zero-order valence-corrected chi connectivity index (χ0v) is 17.9. The average molecular weight is 418 g/mol. The molecule has 1 atom stereocenters. The number of nitrogens with zero attached hydrogens (tertiary/aromatic N) is 2. The number of aromatic nitrogens is 2. The zero-order valence-electron chi connectivity index (χ0n) is 16.3. The number of thioether (sulfide) groups is 1. The van der Waals surface area contributed by atoms with Crippen molar-refractivity contribution in [3.8, 4) is 0 Å². The van der Waals surface area contributed by atoms with E-state index < -0.39 is 6.10 Å². The van der Waals surface area contributed by atoms with E-state index in [9.17, 15) is 4.79 Å². The minimum absolute atomic E-state index is 0.0610. The molecule has 0 saturated carbocycles. The summed E-state index contributed by atoms with van der Waals surface area (Å²) < 4.78 is 12.1. The van der Waals surface area contributed by atoms with Crippen LogP contribution in [0.15, 0.2) is 51.4 Å². The van der Waals surface area contributed by atoms with Gasteiger partial charge in [0.2, 0.25) is 5.89 Å². The molecule has 148 valence electrons. The number of rotatable bonds is 7. The third kappa shape index (κ3) is 5.21. The summed E-state index contributed by atoms with van der Waals surface area (Å²) in [5.41, 5.74) is 0.737. The number of anilines is 1. The van der Waals surface area contributed by atoms with E-state index in [2.05, 4.69) is 36.1 Å². The van der Waals surface area contributed by atoms with Gasteiger partial charge in [-0.15, -0.1) is 11.8 Å².